The van der Waals surface area contributed by atoms with Crippen molar-refractivity contribution in [3.8, 4) is 11.3 Å². The van der Waals surface area contributed by atoms with E-state index in [9.17, 15) is 9.59 Å². The molecule has 2 aliphatic heterocycles. The van der Waals surface area contributed by atoms with Gasteiger partial charge in [-0.1, -0.05) is 36.2 Å². The van der Waals surface area contributed by atoms with Gasteiger partial charge in [-0.3, -0.25) is 9.59 Å². The number of hydrogen-bond donors (Lipinski definition) is 0. The average molecular weight is 409 g/mol. The van der Waals surface area contributed by atoms with Crippen molar-refractivity contribution in [3.63, 3.8) is 0 Å². The van der Waals surface area contributed by atoms with Crippen LogP contribution in [0.1, 0.15) is 44.1 Å². The number of aryl methyl sites for hydroxylation is 2. The molecule has 1 amide bonds. The quantitative estimate of drug-likeness (QED) is 0.763. The van der Waals surface area contributed by atoms with Crippen LogP contribution < -0.4 is 5.56 Å². The molecule has 2 saturated heterocycles. The first-order chi connectivity index (χ1) is 14.6. The zero-order valence-electron chi connectivity index (χ0n) is 17.9. The minimum absolute atomic E-state index is 0.126. The molecular weight excluding hydrogens is 376 g/mol. The first-order valence-corrected chi connectivity index (χ1v) is 11.3. The number of amides is 1. The summed E-state index contributed by atoms with van der Waals surface area (Å²) in [6.45, 7) is 6.44. The molecule has 3 heterocycles. The smallest absolute Gasteiger partial charge is 0.266 e. The van der Waals surface area contributed by atoms with Gasteiger partial charge in [0.15, 0.2) is 0 Å². The van der Waals surface area contributed by atoms with Gasteiger partial charge in [0.1, 0.15) is 0 Å². The van der Waals surface area contributed by atoms with Crippen LogP contribution in [-0.2, 0) is 11.3 Å². The number of carbonyl (C=O) groups excluding carboxylic acids is 1. The van der Waals surface area contributed by atoms with Crippen LogP contribution in [0.5, 0.6) is 0 Å². The first-order valence-electron chi connectivity index (χ1n) is 11.3. The molecule has 160 valence electrons. The Hall–Kier alpha value is -2.47. The van der Waals surface area contributed by atoms with E-state index >= 15 is 0 Å². The van der Waals surface area contributed by atoms with Crippen molar-refractivity contribution in [3.05, 3.63) is 52.3 Å². The van der Waals surface area contributed by atoms with Crippen LogP contribution in [0.3, 0.4) is 0 Å². The highest BCUT2D eigenvalue weighted by Crippen LogP contribution is 2.21. The monoisotopic (exact) mass is 408 g/mol. The Labute approximate surface area is 178 Å². The summed E-state index contributed by atoms with van der Waals surface area (Å²) in [7, 11) is 0. The standard InChI is InChI=1S/C24H32N4O2/c1-19-5-7-20(8-6-19)22-9-10-24(30)28(25-22)18-13-23(29)27-16-11-21(12-17-27)26-14-3-2-4-15-26/h5-10,21H,2-4,11-18H2,1H3. The fourth-order valence-electron chi connectivity index (χ4n) is 4.61. The average Bonchev–Trinajstić information content (AvgIpc) is 2.79. The molecule has 30 heavy (non-hydrogen) atoms. The van der Waals surface area contributed by atoms with E-state index in [1.165, 1.54) is 48.7 Å². The molecule has 0 radical (unpaired) electrons. The summed E-state index contributed by atoms with van der Waals surface area (Å²) in [5.74, 6) is 0.126. The lowest BCUT2D eigenvalue weighted by molar-refractivity contribution is -0.133. The third-order valence-electron chi connectivity index (χ3n) is 6.48. The van der Waals surface area contributed by atoms with Crippen LogP contribution in [-0.4, -0.2) is 57.7 Å². The Kier molecular flexibility index (Phi) is 6.62. The van der Waals surface area contributed by atoms with Crippen molar-refractivity contribution < 1.29 is 4.79 Å². The van der Waals surface area contributed by atoms with E-state index < -0.39 is 0 Å². The number of nitrogens with zero attached hydrogens (tertiary/aromatic N) is 4. The third-order valence-corrected chi connectivity index (χ3v) is 6.48. The Balaban J connectivity index is 1.32. The van der Waals surface area contributed by atoms with Crippen molar-refractivity contribution in [2.45, 2.75) is 58.0 Å². The normalized spacial score (nSPS) is 18.5. The molecule has 0 aliphatic carbocycles. The predicted molar refractivity (Wildman–Crippen MR) is 118 cm³/mol. The summed E-state index contributed by atoms with van der Waals surface area (Å²) in [5, 5.41) is 4.49. The van der Waals surface area contributed by atoms with Crippen molar-refractivity contribution in [2.24, 2.45) is 0 Å². The van der Waals surface area contributed by atoms with Crippen LogP contribution >= 0.6 is 0 Å². The summed E-state index contributed by atoms with van der Waals surface area (Å²) in [5.41, 5.74) is 2.74. The molecule has 4 rings (SSSR count). The molecule has 0 bridgehead atoms. The van der Waals surface area contributed by atoms with Crippen molar-refractivity contribution in [1.29, 1.82) is 0 Å². The maximum absolute atomic E-state index is 12.7. The van der Waals surface area contributed by atoms with Gasteiger partial charge in [-0.05, 0) is 51.8 Å². The van der Waals surface area contributed by atoms with Crippen molar-refractivity contribution in [2.75, 3.05) is 26.2 Å². The van der Waals surface area contributed by atoms with Gasteiger partial charge in [0.2, 0.25) is 5.91 Å². The van der Waals surface area contributed by atoms with E-state index in [4.69, 9.17) is 0 Å². The molecule has 2 aromatic rings. The van der Waals surface area contributed by atoms with Gasteiger partial charge in [0.25, 0.3) is 5.56 Å². The van der Waals surface area contributed by atoms with E-state index in [1.807, 2.05) is 36.1 Å². The van der Waals surface area contributed by atoms with Gasteiger partial charge >= 0.3 is 0 Å². The Bertz CT molecular complexity index is 908. The predicted octanol–water partition coefficient (Wildman–Crippen LogP) is 3.09. The van der Waals surface area contributed by atoms with Gasteiger partial charge in [-0.2, -0.15) is 5.10 Å². The zero-order valence-corrected chi connectivity index (χ0v) is 17.9. The van der Waals surface area contributed by atoms with Gasteiger partial charge in [0.05, 0.1) is 12.2 Å². The van der Waals surface area contributed by atoms with Gasteiger partial charge in [-0.15, -0.1) is 0 Å². The van der Waals surface area contributed by atoms with E-state index in [1.54, 1.807) is 6.07 Å². The Morgan fingerprint density at radius 2 is 1.67 bits per heavy atom. The van der Waals surface area contributed by atoms with E-state index in [0.29, 0.717) is 19.0 Å². The topological polar surface area (TPSA) is 58.4 Å². The van der Waals surface area contributed by atoms with Crippen LogP contribution in [0.15, 0.2) is 41.2 Å². The van der Waals surface area contributed by atoms with Crippen molar-refractivity contribution in [1.82, 2.24) is 19.6 Å². The lowest BCUT2D eigenvalue weighted by atomic mass is 10.00. The number of aromatic nitrogens is 2. The zero-order chi connectivity index (χ0) is 20.9. The molecule has 0 saturated carbocycles. The first kappa shape index (κ1) is 20.8. The number of hydrogen-bond acceptors (Lipinski definition) is 4. The molecule has 0 N–H and O–H groups in total. The number of likely N-dealkylation sites (tertiary alicyclic amines) is 2. The van der Waals surface area contributed by atoms with Crippen LogP contribution in [0.4, 0.5) is 0 Å². The van der Waals surface area contributed by atoms with E-state index in [0.717, 1.165) is 37.2 Å². The second-order valence-corrected chi connectivity index (χ2v) is 8.60. The molecule has 2 aliphatic rings. The minimum Gasteiger partial charge on any atom is -0.343 e. The van der Waals surface area contributed by atoms with Gasteiger partial charge in [0, 0.05) is 37.2 Å². The summed E-state index contributed by atoms with van der Waals surface area (Å²) in [4.78, 5) is 29.5. The SMILES string of the molecule is Cc1ccc(-c2ccc(=O)n(CCC(=O)N3CCC(N4CCCCC4)CC3)n2)cc1. The van der Waals surface area contributed by atoms with Crippen LogP contribution in [0.2, 0.25) is 0 Å². The molecule has 0 atom stereocenters. The van der Waals surface area contributed by atoms with Crippen molar-refractivity contribution >= 4 is 5.91 Å². The number of piperidine rings is 2. The fourth-order valence-corrected chi connectivity index (χ4v) is 4.61. The fraction of sp³-hybridized carbons (Fsp3) is 0.542. The highest BCUT2D eigenvalue weighted by Gasteiger charge is 2.27. The number of benzene rings is 1. The van der Waals surface area contributed by atoms with Gasteiger partial charge in [-0.25, -0.2) is 4.68 Å². The summed E-state index contributed by atoms with van der Waals surface area (Å²) in [6.07, 6.45) is 6.41. The highest BCUT2D eigenvalue weighted by molar-refractivity contribution is 5.76. The molecular formula is C24H32N4O2. The molecule has 1 aromatic carbocycles. The molecule has 0 unspecified atom stereocenters. The number of rotatable bonds is 5. The summed E-state index contributed by atoms with van der Waals surface area (Å²) >= 11 is 0. The molecule has 1 aromatic heterocycles. The Morgan fingerprint density at radius 1 is 0.967 bits per heavy atom. The molecule has 2 fully saturated rings. The maximum atomic E-state index is 12.7. The third kappa shape index (κ3) is 4.98. The lowest BCUT2D eigenvalue weighted by Gasteiger charge is -2.40. The maximum Gasteiger partial charge on any atom is 0.266 e. The van der Waals surface area contributed by atoms with Crippen LogP contribution in [0, 0.1) is 6.92 Å². The summed E-state index contributed by atoms with van der Waals surface area (Å²) < 4.78 is 1.42. The largest absolute Gasteiger partial charge is 0.343 e. The van der Waals surface area contributed by atoms with Crippen LogP contribution in [0.25, 0.3) is 11.3 Å². The van der Waals surface area contributed by atoms with E-state index in [-0.39, 0.29) is 11.5 Å². The molecule has 0 spiro atoms. The van der Waals surface area contributed by atoms with E-state index in [2.05, 4.69) is 10.00 Å². The lowest BCUT2D eigenvalue weighted by Crippen LogP contribution is -2.48. The number of carbonyl (C=O) groups is 1. The Morgan fingerprint density at radius 3 is 2.37 bits per heavy atom. The molecule has 6 nitrogen and oxygen atoms in total. The van der Waals surface area contributed by atoms with Gasteiger partial charge < -0.3 is 9.80 Å². The molecule has 6 heteroatoms. The second kappa shape index (κ2) is 9.56. The minimum atomic E-state index is -0.164. The second-order valence-electron chi connectivity index (χ2n) is 8.60. The highest BCUT2D eigenvalue weighted by atomic mass is 16.2. The summed E-state index contributed by atoms with van der Waals surface area (Å²) in [6, 6.07) is 12.0.